The summed E-state index contributed by atoms with van der Waals surface area (Å²) in [5.41, 5.74) is 2.49. The molecule has 4 rings (SSSR count). The highest BCUT2D eigenvalue weighted by atomic mass is 35.5. The van der Waals surface area contributed by atoms with Gasteiger partial charge in [0.15, 0.2) is 5.65 Å². The lowest BCUT2D eigenvalue weighted by Gasteiger charge is -2.19. The normalized spacial score (nSPS) is 17.3. The summed E-state index contributed by atoms with van der Waals surface area (Å²) < 4.78 is 27.2. The van der Waals surface area contributed by atoms with Gasteiger partial charge in [0.05, 0.1) is 28.9 Å². The molecule has 0 saturated heterocycles. The lowest BCUT2D eigenvalue weighted by atomic mass is 10.2. The second-order valence-corrected chi connectivity index (χ2v) is 6.38. The van der Waals surface area contributed by atoms with Crippen molar-refractivity contribution >= 4 is 22.9 Å². The lowest BCUT2D eigenvalue weighted by molar-refractivity contribution is 0.213. The second-order valence-electron chi connectivity index (χ2n) is 6.01. The van der Waals surface area contributed by atoms with Gasteiger partial charge in [-0.15, -0.1) is 0 Å². The first-order chi connectivity index (χ1) is 12.5. The summed E-state index contributed by atoms with van der Waals surface area (Å²) in [6, 6.07) is 4.51. The molecule has 1 N–H and O–H groups in total. The molecule has 134 valence electrons. The first-order valence-electron chi connectivity index (χ1n) is 8.07. The molecule has 1 atom stereocenters. The van der Waals surface area contributed by atoms with Crippen molar-refractivity contribution in [2.45, 2.75) is 19.6 Å². The Balaban J connectivity index is 1.80. The largest absolute Gasteiger partial charge is 0.488 e. The summed E-state index contributed by atoms with van der Waals surface area (Å²) in [6.07, 6.45) is 3.21. The van der Waals surface area contributed by atoms with Gasteiger partial charge in [0.25, 0.3) is 0 Å². The van der Waals surface area contributed by atoms with Crippen LogP contribution < -0.4 is 14.8 Å². The molecule has 26 heavy (non-hydrogen) atoms. The van der Waals surface area contributed by atoms with Crippen LogP contribution in [0.1, 0.15) is 18.1 Å². The Morgan fingerprint density at radius 3 is 3.08 bits per heavy atom. The number of nitrogens with zero attached hydrogens (tertiary/aromatic N) is 3. The fraction of sp³-hybridized carbons (Fsp3) is 0.222. The Kier molecular flexibility index (Phi) is 4.16. The number of halogens is 2. The van der Waals surface area contributed by atoms with Crippen LogP contribution in [0.5, 0.6) is 11.6 Å². The van der Waals surface area contributed by atoms with Gasteiger partial charge in [-0.2, -0.15) is 10.1 Å². The third-order valence-corrected chi connectivity index (χ3v) is 4.53. The minimum atomic E-state index is -0.525. The number of rotatable bonds is 0. The van der Waals surface area contributed by atoms with E-state index in [1.54, 1.807) is 29.0 Å². The summed E-state index contributed by atoms with van der Waals surface area (Å²) in [4.78, 5) is 4.47. The van der Waals surface area contributed by atoms with E-state index in [1.807, 2.05) is 6.92 Å². The van der Waals surface area contributed by atoms with Crippen molar-refractivity contribution in [1.82, 2.24) is 19.9 Å². The molecule has 3 heterocycles. The average Bonchev–Trinajstić information content (AvgIpc) is 3.05. The molecule has 0 saturated carbocycles. The molecule has 0 fully saturated rings. The maximum Gasteiger partial charge on any atom is 0.217 e. The molecule has 0 spiro atoms. The van der Waals surface area contributed by atoms with Gasteiger partial charge in [-0.05, 0) is 19.1 Å². The minimum absolute atomic E-state index is 0.0203. The Labute approximate surface area is 154 Å². The second kappa shape index (κ2) is 6.49. The van der Waals surface area contributed by atoms with Crippen LogP contribution in [0.3, 0.4) is 0 Å². The third-order valence-electron chi connectivity index (χ3n) is 4.12. The standard InChI is InChI=1S/C18H16ClFN4O2/c1-10-7-21-11(2)12-8-22-24-6-5-16(23-18(12)24)25-9-13-15(26-10)4-3-14(20)17(13)19/h3-6,8,10,21H,2,7,9H2,1H3. The number of benzene rings is 1. The smallest absolute Gasteiger partial charge is 0.217 e. The summed E-state index contributed by atoms with van der Waals surface area (Å²) in [6.45, 7) is 6.46. The maximum absolute atomic E-state index is 13.9. The predicted molar refractivity (Wildman–Crippen MR) is 95.9 cm³/mol. The van der Waals surface area contributed by atoms with Crippen LogP contribution in [-0.4, -0.2) is 27.2 Å². The zero-order valence-electron chi connectivity index (χ0n) is 14.0. The molecule has 0 radical (unpaired) electrons. The Bertz CT molecular complexity index is 1000. The molecule has 0 amide bonds. The molecule has 8 heteroatoms. The maximum atomic E-state index is 13.9. The topological polar surface area (TPSA) is 60.7 Å². The van der Waals surface area contributed by atoms with E-state index < -0.39 is 5.82 Å². The van der Waals surface area contributed by atoms with Crippen LogP contribution in [0.15, 0.2) is 37.2 Å². The SMILES string of the molecule is C=C1NCC(C)Oc2ccc(F)c(Cl)c2COc2ccn3ncc1c3n2. The quantitative estimate of drug-likeness (QED) is 0.653. The van der Waals surface area contributed by atoms with Gasteiger partial charge in [0.1, 0.15) is 24.3 Å². The van der Waals surface area contributed by atoms with Gasteiger partial charge in [-0.25, -0.2) is 8.91 Å². The molecule has 2 aromatic heterocycles. The van der Waals surface area contributed by atoms with Gasteiger partial charge >= 0.3 is 0 Å². The first kappa shape index (κ1) is 16.7. The van der Waals surface area contributed by atoms with E-state index >= 15 is 0 Å². The van der Waals surface area contributed by atoms with Gasteiger partial charge in [-0.1, -0.05) is 18.2 Å². The van der Waals surface area contributed by atoms with Crippen LogP contribution in [-0.2, 0) is 6.61 Å². The molecule has 0 aliphatic carbocycles. The van der Waals surface area contributed by atoms with Crippen molar-refractivity contribution in [2.75, 3.05) is 6.54 Å². The molecule has 1 unspecified atom stereocenters. The summed E-state index contributed by atoms with van der Waals surface area (Å²) in [7, 11) is 0. The van der Waals surface area contributed by atoms with E-state index in [-0.39, 0.29) is 17.7 Å². The van der Waals surface area contributed by atoms with Crippen molar-refractivity contribution in [3.63, 3.8) is 0 Å². The average molecular weight is 375 g/mol. The fourth-order valence-electron chi connectivity index (χ4n) is 2.73. The van der Waals surface area contributed by atoms with Gasteiger partial charge in [0.2, 0.25) is 5.88 Å². The van der Waals surface area contributed by atoms with Gasteiger partial charge in [0, 0.05) is 18.0 Å². The molecule has 3 aromatic rings. The van der Waals surface area contributed by atoms with Crippen molar-refractivity contribution < 1.29 is 13.9 Å². The van der Waals surface area contributed by atoms with Crippen molar-refractivity contribution in [3.05, 3.63) is 59.1 Å². The monoisotopic (exact) mass is 374 g/mol. The fourth-order valence-corrected chi connectivity index (χ4v) is 2.94. The molecule has 1 aromatic carbocycles. The summed E-state index contributed by atoms with van der Waals surface area (Å²) >= 11 is 6.14. The van der Waals surface area contributed by atoms with E-state index in [4.69, 9.17) is 21.1 Å². The Morgan fingerprint density at radius 2 is 2.23 bits per heavy atom. The number of fused-ring (bicyclic) bond motifs is 2. The number of nitrogens with one attached hydrogen (secondary N) is 1. The number of hydrogen-bond acceptors (Lipinski definition) is 5. The van der Waals surface area contributed by atoms with E-state index in [0.29, 0.717) is 35.1 Å². The van der Waals surface area contributed by atoms with Crippen LogP contribution in [0, 0.1) is 5.82 Å². The lowest BCUT2D eigenvalue weighted by Crippen LogP contribution is -2.28. The Morgan fingerprint density at radius 1 is 1.38 bits per heavy atom. The summed E-state index contributed by atoms with van der Waals surface area (Å²) in [5, 5.41) is 7.46. The molecular weight excluding hydrogens is 359 g/mol. The Hall–Kier alpha value is -2.80. The van der Waals surface area contributed by atoms with Crippen LogP contribution in [0.4, 0.5) is 4.39 Å². The number of hydrogen-bond donors (Lipinski definition) is 1. The highest BCUT2D eigenvalue weighted by Gasteiger charge is 2.18. The van der Waals surface area contributed by atoms with Crippen LogP contribution in [0.25, 0.3) is 11.3 Å². The van der Waals surface area contributed by atoms with Crippen molar-refractivity contribution in [3.8, 4) is 11.6 Å². The highest BCUT2D eigenvalue weighted by Crippen LogP contribution is 2.31. The molecule has 1 aliphatic rings. The highest BCUT2D eigenvalue weighted by molar-refractivity contribution is 6.31. The van der Waals surface area contributed by atoms with E-state index in [9.17, 15) is 4.39 Å². The summed E-state index contributed by atoms with van der Waals surface area (Å²) in [5.74, 6) is 0.313. The zero-order valence-corrected chi connectivity index (χ0v) is 14.8. The molecule has 2 bridgehead atoms. The predicted octanol–water partition coefficient (Wildman–Crippen LogP) is 3.44. The van der Waals surface area contributed by atoms with E-state index in [1.165, 1.54) is 6.07 Å². The molecular formula is C18H16ClFN4O2. The molecule has 1 aliphatic heterocycles. The van der Waals surface area contributed by atoms with Gasteiger partial charge in [-0.3, -0.25) is 0 Å². The van der Waals surface area contributed by atoms with Gasteiger partial charge < -0.3 is 14.8 Å². The third kappa shape index (κ3) is 2.94. The number of ether oxygens (including phenoxy) is 2. The number of aromatic nitrogens is 3. The first-order valence-corrected chi connectivity index (χ1v) is 8.44. The van der Waals surface area contributed by atoms with E-state index in [2.05, 4.69) is 22.0 Å². The van der Waals surface area contributed by atoms with E-state index in [0.717, 1.165) is 5.56 Å². The zero-order chi connectivity index (χ0) is 18.3. The minimum Gasteiger partial charge on any atom is -0.488 e. The van der Waals surface area contributed by atoms with Crippen molar-refractivity contribution in [1.29, 1.82) is 0 Å². The van der Waals surface area contributed by atoms with Crippen molar-refractivity contribution in [2.24, 2.45) is 0 Å². The van der Waals surface area contributed by atoms with Crippen LogP contribution in [0.2, 0.25) is 5.02 Å². The van der Waals surface area contributed by atoms with Crippen LogP contribution >= 0.6 is 11.6 Å². The molecule has 6 nitrogen and oxygen atoms in total.